The summed E-state index contributed by atoms with van der Waals surface area (Å²) in [6.07, 6.45) is 11.3. The summed E-state index contributed by atoms with van der Waals surface area (Å²) in [5.41, 5.74) is 8.15. The molecule has 3 nitrogen and oxygen atoms in total. The lowest BCUT2D eigenvalue weighted by Gasteiger charge is -2.30. The molecule has 2 saturated heterocycles. The number of hydrogen-bond acceptors (Lipinski definition) is 3. The molecule has 0 radical (unpaired) electrons. The van der Waals surface area contributed by atoms with Crippen molar-refractivity contribution in [3.8, 4) is 11.1 Å². The minimum Gasteiger partial charge on any atom is -0.381 e. The minimum absolute atomic E-state index is 0.471. The quantitative estimate of drug-likeness (QED) is 0.311. The molecule has 208 valence electrons. The van der Waals surface area contributed by atoms with E-state index < -0.39 is 0 Å². The molecule has 0 amide bonds. The summed E-state index contributed by atoms with van der Waals surface area (Å²) < 4.78 is 11.5. The van der Waals surface area contributed by atoms with Crippen LogP contribution in [0, 0.1) is 24.7 Å². The summed E-state index contributed by atoms with van der Waals surface area (Å²) >= 11 is 0. The van der Waals surface area contributed by atoms with Crippen molar-refractivity contribution in [3.63, 3.8) is 0 Å². The van der Waals surface area contributed by atoms with Crippen LogP contribution in [-0.2, 0) is 15.9 Å². The summed E-state index contributed by atoms with van der Waals surface area (Å²) in [6, 6.07) is 16.6. The number of nitrogens with zero attached hydrogens (tertiary/aromatic N) is 1. The maximum Gasteiger partial charge on any atom is 0.0520 e. The predicted octanol–water partition coefficient (Wildman–Crippen LogP) is 9.00. The van der Waals surface area contributed by atoms with Gasteiger partial charge in [0.2, 0.25) is 0 Å². The number of hydrogen-bond donors (Lipinski definition) is 0. The minimum atomic E-state index is 0.471. The molecule has 2 aliphatic heterocycles. The maximum absolute atomic E-state index is 5.85. The first-order valence-corrected chi connectivity index (χ1v) is 15.8. The number of ether oxygens (including phenoxy) is 2. The molecular formula is C36H47NO2. The number of aromatic nitrogens is 1. The van der Waals surface area contributed by atoms with Gasteiger partial charge in [-0.1, -0.05) is 57.0 Å². The van der Waals surface area contributed by atoms with Crippen LogP contribution in [0.4, 0.5) is 0 Å². The van der Waals surface area contributed by atoms with Crippen molar-refractivity contribution >= 4 is 10.8 Å². The largest absolute Gasteiger partial charge is 0.381 e. The van der Waals surface area contributed by atoms with Crippen LogP contribution >= 0.6 is 0 Å². The topological polar surface area (TPSA) is 31.4 Å². The third-order valence-electron chi connectivity index (χ3n) is 10.3. The molecule has 0 spiro atoms. The molecule has 3 aliphatic rings. The van der Waals surface area contributed by atoms with Gasteiger partial charge in [0.25, 0.3) is 0 Å². The lowest BCUT2D eigenvalue weighted by Crippen LogP contribution is -2.25. The van der Waals surface area contributed by atoms with Crippen LogP contribution in [0.15, 0.2) is 42.5 Å². The first-order valence-electron chi connectivity index (χ1n) is 15.8. The van der Waals surface area contributed by atoms with Crippen molar-refractivity contribution in [1.82, 2.24) is 4.98 Å². The van der Waals surface area contributed by atoms with Gasteiger partial charge in [-0.3, -0.25) is 4.98 Å². The standard InChI is InChI=1S/C36H47NO2/c1-4-26-20-30(9-8-24(26)2)31-12-13-34-32(21-31)22-35(37-36(34)33-16-19-39-23-25(33)3)29-7-5-6-27(10-11-29)28-14-17-38-18-15-28/h8-9,12-13,20-22,25,27-29,33H,4-7,10-11,14-19,23H2,1-3H3/t25-,27?,29?,33?/m0/s1. The Kier molecular flexibility index (Phi) is 8.37. The summed E-state index contributed by atoms with van der Waals surface area (Å²) in [5, 5.41) is 2.72. The molecule has 3 unspecified atom stereocenters. The van der Waals surface area contributed by atoms with Crippen LogP contribution in [0.1, 0.15) is 99.6 Å². The SMILES string of the molecule is CCc1cc(-c2ccc3c(C4CCOC[C@@H]4C)nc(C4CCCC(C5CCOCC5)CC4)cc3c2)ccc1C. The zero-order valence-corrected chi connectivity index (χ0v) is 24.4. The van der Waals surface area contributed by atoms with Crippen molar-refractivity contribution in [2.24, 2.45) is 17.8 Å². The summed E-state index contributed by atoms with van der Waals surface area (Å²) in [5.74, 6) is 3.28. The first-order chi connectivity index (χ1) is 19.1. The smallest absolute Gasteiger partial charge is 0.0520 e. The molecule has 39 heavy (non-hydrogen) atoms. The summed E-state index contributed by atoms with van der Waals surface area (Å²) in [7, 11) is 0. The second kappa shape index (κ2) is 12.1. The number of rotatable bonds is 5. The van der Waals surface area contributed by atoms with Crippen LogP contribution in [0.2, 0.25) is 0 Å². The number of benzene rings is 2. The molecule has 0 bridgehead atoms. The fourth-order valence-electron chi connectivity index (χ4n) is 7.78. The van der Waals surface area contributed by atoms with Crippen LogP contribution in [-0.4, -0.2) is 31.4 Å². The number of fused-ring (bicyclic) bond motifs is 1. The molecule has 4 atom stereocenters. The Hall–Kier alpha value is -2.23. The highest BCUT2D eigenvalue weighted by atomic mass is 16.5. The molecule has 3 heterocycles. The monoisotopic (exact) mass is 525 g/mol. The highest BCUT2D eigenvalue weighted by molar-refractivity contribution is 5.90. The van der Waals surface area contributed by atoms with Gasteiger partial charge in [0.1, 0.15) is 0 Å². The van der Waals surface area contributed by atoms with E-state index in [1.807, 2.05) is 0 Å². The maximum atomic E-state index is 5.85. The van der Waals surface area contributed by atoms with Crippen molar-refractivity contribution in [2.45, 2.75) is 90.4 Å². The van der Waals surface area contributed by atoms with E-state index in [0.717, 1.165) is 51.1 Å². The fourth-order valence-corrected chi connectivity index (χ4v) is 7.78. The van der Waals surface area contributed by atoms with E-state index in [0.29, 0.717) is 17.8 Å². The Bertz CT molecular complexity index is 1280. The molecule has 2 aromatic carbocycles. The molecule has 3 heteroatoms. The van der Waals surface area contributed by atoms with Gasteiger partial charge in [0.15, 0.2) is 0 Å². The lowest BCUT2D eigenvalue weighted by atomic mass is 9.81. The van der Waals surface area contributed by atoms with Gasteiger partial charge in [-0.2, -0.15) is 0 Å². The van der Waals surface area contributed by atoms with E-state index >= 15 is 0 Å². The van der Waals surface area contributed by atoms with E-state index in [9.17, 15) is 0 Å². The van der Waals surface area contributed by atoms with E-state index in [1.165, 1.54) is 89.4 Å². The van der Waals surface area contributed by atoms with Crippen LogP contribution in [0.3, 0.4) is 0 Å². The molecular weight excluding hydrogens is 478 g/mol. The summed E-state index contributed by atoms with van der Waals surface area (Å²) in [6.45, 7) is 10.4. The fraction of sp³-hybridized carbons (Fsp3) is 0.583. The Balaban J connectivity index is 1.36. The van der Waals surface area contributed by atoms with Gasteiger partial charge in [0, 0.05) is 49.3 Å². The lowest BCUT2D eigenvalue weighted by molar-refractivity contribution is 0.0436. The van der Waals surface area contributed by atoms with E-state index in [4.69, 9.17) is 14.5 Å². The first kappa shape index (κ1) is 27.0. The van der Waals surface area contributed by atoms with Crippen LogP contribution in [0.5, 0.6) is 0 Å². The van der Waals surface area contributed by atoms with E-state index in [1.54, 1.807) is 0 Å². The van der Waals surface area contributed by atoms with Crippen LogP contribution < -0.4 is 0 Å². The van der Waals surface area contributed by atoms with Crippen molar-refractivity contribution in [2.75, 3.05) is 26.4 Å². The number of aryl methyl sites for hydroxylation is 2. The Morgan fingerprint density at radius 2 is 1.56 bits per heavy atom. The highest BCUT2D eigenvalue weighted by Gasteiger charge is 2.30. The molecule has 3 aromatic rings. The van der Waals surface area contributed by atoms with Crippen molar-refractivity contribution in [3.05, 3.63) is 65.0 Å². The van der Waals surface area contributed by atoms with Gasteiger partial charge < -0.3 is 9.47 Å². The molecule has 6 rings (SSSR count). The molecule has 1 saturated carbocycles. The molecule has 1 aliphatic carbocycles. The van der Waals surface area contributed by atoms with Gasteiger partial charge in [-0.25, -0.2) is 0 Å². The second-order valence-corrected chi connectivity index (χ2v) is 12.7. The predicted molar refractivity (Wildman–Crippen MR) is 161 cm³/mol. The van der Waals surface area contributed by atoms with E-state index in [-0.39, 0.29) is 0 Å². The van der Waals surface area contributed by atoms with Crippen molar-refractivity contribution < 1.29 is 9.47 Å². The molecule has 0 N–H and O–H groups in total. The average molecular weight is 526 g/mol. The normalized spacial score (nSPS) is 26.9. The van der Waals surface area contributed by atoms with Crippen LogP contribution in [0.25, 0.3) is 21.9 Å². The molecule has 3 fully saturated rings. The van der Waals surface area contributed by atoms with Crippen molar-refractivity contribution in [1.29, 1.82) is 0 Å². The van der Waals surface area contributed by atoms with E-state index in [2.05, 4.69) is 63.2 Å². The van der Waals surface area contributed by atoms with Gasteiger partial charge >= 0.3 is 0 Å². The number of pyridine rings is 1. The van der Waals surface area contributed by atoms with Gasteiger partial charge in [-0.05, 0) is 109 Å². The second-order valence-electron chi connectivity index (χ2n) is 12.7. The van der Waals surface area contributed by atoms with Gasteiger partial charge in [-0.15, -0.1) is 0 Å². The third kappa shape index (κ3) is 5.81. The average Bonchev–Trinajstić information content (AvgIpc) is 3.24. The van der Waals surface area contributed by atoms with Gasteiger partial charge in [0.05, 0.1) is 5.69 Å². The Morgan fingerprint density at radius 3 is 2.38 bits per heavy atom. The zero-order valence-electron chi connectivity index (χ0n) is 24.4. The Morgan fingerprint density at radius 1 is 0.795 bits per heavy atom. The Labute approximate surface area is 235 Å². The summed E-state index contributed by atoms with van der Waals surface area (Å²) in [4.78, 5) is 5.54. The zero-order chi connectivity index (χ0) is 26.8. The highest BCUT2D eigenvalue weighted by Crippen LogP contribution is 2.42. The third-order valence-corrected chi connectivity index (χ3v) is 10.3. The molecule has 1 aromatic heterocycles.